The lowest BCUT2D eigenvalue weighted by Gasteiger charge is -2.14. The number of furan rings is 1. The Bertz CT molecular complexity index is 4370. The van der Waals surface area contributed by atoms with Gasteiger partial charge in [0.1, 0.15) is 11.2 Å². The van der Waals surface area contributed by atoms with E-state index in [9.17, 15) is 0 Å². The molecule has 0 aliphatic carbocycles. The summed E-state index contributed by atoms with van der Waals surface area (Å²) in [6, 6.07) is 89.7. The fourth-order valence-corrected chi connectivity index (χ4v) is 11.5. The summed E-state index contributed by atoms with van der Waals surface area (Å²) in [4.78, 5) is 0. The maximum Gasteiger partial charge on any atom is 0.136 e. The van der Waals surface area contributed by atoms with Crippen LogP contribution >= 0.6 is 0 Å². The van der Waals surface area contributed by atoms with Gasteiger partial charge in [0.05, 0.1) is 0 Å². The van der Waals surface area contributed by atoms with E-state index in [2.05, 4.69) is 243 Å². The summed E-state index contributed by atoms with van der Waals surface area (Å²) in [7, 11) is 0. The van der Waals surface area contributed by atoms with Crippen molar-refractivity contribution in [2.24, 2.45) is 0 Å². The van der Waals surface area contributed by atoms with Gasteiger partial charge in [-0.2, -0.15) is 0 Å². The summed E-state index contributed by atoms with van der Waals surface area (Å²) >= 11 is 0. The largest absolute Gasteiger partial charge is 0.456 e. The molecule has 0 radical (unpaired) electrons. The Kier molecular flexibility index (Phi) is 8.13. The molecule has 69 heavy (non-hydrogen) atoms. The molecular weight excluding hydrogens is 833 g/mol. The Labute approximate surface area is 397 Å². The van der Waals surface area contributed by atoms with Crippen LogP contribution in [0.3, 0.4) is 0 Å². The van der Waals surface area contributed by atoms with E-state index in [1.165, 1.54) is 108 Å². The van der Waals surface area contributed by atoms with Crippen molar-refractivity contribution in [3.05, 3.63) is 243 Å². The van der Waals surface area contributed by atoms with Gasteiger partial charge in [-0.1, -0.05) is 182 Å². The van der Waals surface area contributed by atoms with Crippen molar-refractivity contribution in [3.63, 3.8) is 0 Å². The van der Waals surface area contributed by atoms with E-state index in [1.807, 2.05) is 0 Å². The van der Waals surface area contributed by atoms with E-state index in [0.717, 1.165) is 44.2 Å². The first-order chi connectivity index (χ1) is 34.1. The molecule has 1 heteroatoms. The summed E-state index contributed by atoms with van der Waals surface area (Å²) in [6.45, 7) is 0. The highest BCUT2D eigenvalue weighted by atomic mass is 16.3. The Morgan fingerprint density at radius 3 is 0.957 bits per heavy atom. The fraction of sp³-hybridized carbons (Fsp3) is 0. The molecule has 0 aliphatic rings. The summed E-state index contributed by atoms with van der Waals surface area (Å²) in [5.74, 6) is 0. The zero-order valence-corrected chi connectivity index (χ0v) is 37.5. The highest BCUT2D eigenvalue weighted by Crippen LogP contribution is 2.42. The summed E-state index contributed by atoms with van der Waals surface area (Å²) in [5.41, 5.74) is 11.3. The standard InChI is InChI=1S/C68H40O/c1-3-11-53-43(9-1)25-29-59-55-13-5-7-15-57(55)63(39-65(53)59)49-23-19-41-17-21-45(33-51(41)35-49)47-27-31-61-62-32-28-48(38-68(62)69-67(61)37-47)46-22-18-42-20-24-50(36-52(42)34-46)64-40-66-54-12-4-2-10-44(54)26-30-60(66)56-14-6-8-16-58(56)64/h1-40H. The minimum atomic E-state index is 0.891. The molecule has 1 heterocycles. The maximum absolute atomic E-state index is 6.72. The van der Waals surface area contributed by atoms with E-state index in [1.54, 1.807) is 0 Å². The minimum absolute atomic E-state index is 0.891. The van der Waals surface area contributed by atoms with Gasteiger partial charge < -0.3 is 4.42 Å². The van der Waals surface area contributed by atoms with Crippen molar-refractivity contribution in [1.29, 1.82) is 0 Å². The van der Waals surface area contributed by atoms with Gasteiger partial charge in [-0.25, -0.2) is 0 Å². The summed E-state index contributed by atoms with van der Waals surface area (Å²) < 4.78 is 6.72. The Hall–Kier alpha value is -9.04. The molecule has 0 aliphatic heterocycles. The van der Waals surface area contributed by atoms with E-state index in [4.69, 9.17) is 4.42 Å². The van der Waals surface area contributed by atoms with E-state index in [0.29, 0.717) is 0 Å². The van der Waals surface area contributed by atoms with Crippen LogP contribution in [0.25, 0.3) is 153 Å². The van der Waals surface area contributed by atoms with E-state index < -0.39 is 0 Å². The van der Waals surface area contributed by atoms with Gasteiger partial charge in [0, 0.05) is 10.8 Å². The summed E-state index contributed by atoms with van der Waals surface area (Å²) in [5, 5.41) is 22.4. The molecule has 0 N–H and O–H groups in total. The van der Waals surface area contributed by atoms with Crippen LogP contribution in [0, 0.1) is 0 Å². The molecule has 0 saturated heterocycles. The average Bonchev–Trinajstić information content (AvgIpc) is 3.79. The molecule has 0 atom stereocenters. The third-order valence-corrected chi connectivity index (χ3v) is 15.0. The molecule has 1 nitrogen and oxygen atoms in total. The minimum Gasteiger partial charge on any atom is -0.456 e. The molecule has 0 unspecified atom stereocenters. The number of benzene rings is 14. The highest BCUT2D eigenvalue weighted by Gasteiger charge is 2.16. The monoisotopic (exact) mass is 872 g/mol. The Morgan fingerprint density at radius 1 is 0.174 bits per heavy atom. The lowest BCUT2D eigenvalue weighted by atomic mass is 9.90. The number of fused-ring (bicyclic) bond motifs is 15. The Balaban J connectivity index is 0.787. The average molecular weight is 873 g/mol. The topological polar surface area (TPSA) is 13.1 Å². The first kappa shape index (κ1) is 38.1. The molecule has 0 saturated carbocycles. The van der Waals surface area contributed by atoms with Crippen LogP contribution in [-0.4, -0.2) is 0 Å². The molecule has 14 aromatic carbocycles. The van der Waals surface area contributed by atoms with Gasteiger partial charge in [0.25, 0.3) is 0 Å². The van der Waals surface area contributed by atoms with Crippen molar-refractivity contribution >= 4 is 108 Å². The van der Waals surface area contributed by atoms with Crippen molar-refractivity contribution in [2.45, 2.75) is 0 Å². The lowest BCUT2D eigenvalue weighted by molar-refractivity contribution is 0.669. The molecular formula is C68H40O. The zero-order chi connectivity index (χ0) is 45.2. The number of hydrogen-bond acceptors (Lipinski definition) is 1. The van der Waals surface area contributed by atoms with Crippen LogP contribution in [0.5, 0.6) is 0 Å². The van der Waals surface area contributed by atoms with Crippen molar-refractivity contribution in [2.75, 3.05) is 0 Å². The zero-order valence-electron chi connectivity index (χ0n) is 37.5. The fourth-order valence-electron chi connectivity index (χ4n) is 11.5. The number of rotatable bonds is 4. The molecule has 0 fully saturated rings. The molecule has 0 bridgehead atoms. The summed E-state index contributed by atoms with van der Waals surface area (Å²) in [6.07, 6.45) is 0. The van der Waals surface area contributed by atoms with Crippen LogP contribution in [0.4, 0.5) is 0 Å². The van der Waals surface area contributed by atoms with E-state index in [-0.39, 0.29) is 0 Å². The van der Waals surface area contributed by atoms with Gasteiger partial charge in [0.2, 0.25) is 0 Å². The van der Waals surface area contributed by atoms with Crippen LogP contribution < -0.4 is 0 Å². The Morgan fingerprint density at radius 2 is 0.493 bits per heavy atom. The molecule has 1 aromatic heterocycles. The van der Waals surface area contributed by atoms with Crippen LogP contribution in [0.2, 0.25) is 0 Å². The van der Waals surface area contributed by atoms with Crippen molar-refractivity contribution < 1.29 is 4.42 Å². The second kappa shape index (κ2) is 14.7. The molecule has 15 aromatic rings. The van der Waals surface area contributed by atoms with Crippen LogP contribution in [0.1, 0.15) is 0 Å². The molecule has 15 rings (SSSR count). The maximum atomic E-state index is 6.72. The first-order valence-corrected chi connectivity index (χ1v) is 23.9. The van der Waals surface area contributed by atoms with Crippen molar-refractivity contribution in [3.8, 4) is 44.5 Å². The SMILES string of the molecule is c1ccc2c(c1)ccc1c3ccccc3c(-c3ccc4ccc(-c5ccc6c(c5)oc5cc(-c7ccc8ccc(-c9cc%10c%11ccccc%11ccc%10c%10ccccc9%10)cc8c7)ccc56)cc4c3)cc21. The predicted octanol–water partition coefficient (Wildman–Crippen LogP) is 19.5. The number of hydrogen-bond donors (Lipinski definition) is 0. The second-order valence-electron chi connectivity index (χ2n) is 18.8. The second-order valence-corrected chi connectivity index (χ2v) is 18.8. The van der Waals surface area contributed by atoms with Gasteiger partial charge in [0.15, 0.2) is 0 Å². The van der Waals surface area contributed by atoms with Crippen molar-refractivity contribution in [1.82, 2.24) is 0 Å². The third kappa shape index (κ3) is 5.97. The predicted molar refractivity (Wildman–Crippen MR) is 296 cm³/mol. The lowest BCUT2D eigenvalue weighted by Crippen LogP contribution is -1.87. The van der Waals surface area contributed by atoms with Gasteiger partial charge in [-0.3, -0.25) is 0 Å². The molecule has 0 spiro atoms. The highest BCUT2D eigenvalue weighted by molar-refractivity contribution is 6.23. The van der Waals surface area contributed by atoms with Gasteiger partial charge in [-0.15, -0.1) is 0 Å². The van der Waals surface area contributed by atoms with E-state index >= 15 is 0 Å². The van der Waals surface area contributed by atoms with Crippen LogP contribution in [0.15, 0.2) is 247 Å². The smallest absolute Gasteiger partial charge is 0.136 e. The van der Waals surface area contributed by atoms with Gasteiger partial charge >= 0.3 is 0 Å². The first-order valence-electron chi connectivity index (χ1n) is 23.9. The molecule has 0 amide bonds. The third-order valence-electron chi connectivity index (χ3n) is 15.0. The van der Waals surface area contributed by atoms with Crippen LogP contribution in [-0.2, 0) is 0 Å². The van der Waals surface area contributed by atoms with Gasteiger partial charge in [-0.05, 0) is 191 Å². The quantitative estimate of drug-likeness (QED) is 0.161. The molecule has 318 valence electrons. The normalized spacial score (nSPS) is 12.1.